The van der Waals surface area contributed by atoms with Gasteiger partial charge in [0.1, 0.15) is 11.8 Å². The van der Waals surface area contributed by atoms with Gasteiger partial charge in [0.25, 0.3) is 0 Å². The van der Waals surface area contributed by atoms with Crippen molar-refractivity contribution in [2.75, 3.05) is 4.90 Å². The summed E-state index contributed by atoms with van der Waals surface area (Å²) in [7, 11) is 0. The maximum atomic E-state index is 13.0. The molecule has 0 aromatic heterocycles. The number of para-hydroxylation sites is 1. The van der Waals surface area contributed by atoms with Gasteiger partial charge in [0.2, 0.25) is 0 Å². The topological polar surface area (TPSA) is 49.8 Å². The molecule has 1 N–H and O–H groups in total. The first kappa shape index (κ1) is 20.4. The van der Waals surface area contributed by atoms with Crippen LogP contribution >= 0.6 is 0 Å². The summed E-state index contributed by atoms with van der Waals surface area (Å²) >= 11 is 0. The van der Waals surface area contributed by atoms with Crippen LogP contribution in [-0.2, 0) is 4.74 Å². The molecule has 28 heavy (non-hydrogen) atoms. The SMILES string of the molecule is CCCC[C@@H]1c2ccccc2N(C(=O)OC(C)(C)C)[C@H](O)[C@H]1c1ccccc1. The molecule has 0 radical (unpaired) electrons. The number of hydrogen-bond acceptors (Lipinski definition) is 3. The van der Waals surface area contributed by atoms with Crippen molar-refractivity contribution in [3.63, 3.8) is 0 Å². The van der Waals surface area contributed by atoms with E-state index in [1.165, 1.54) is 4.90 Å². The van der Waals surface area contributed by atoms with Gasteiger partial charge < -0.3 is 9.84 Å². The number of amides is 1. The fraction of sp³-hybridized carbons (Fsp3) is 0.458. The smallest absolute Gasteiger partial charge is 0.416 e. The van der Waals surface area contributed by atoms with Crippen molar-refractivity contribution in [3.8, 4) is 0 Å². The van der Waals surface area contributed by atoms with Gasteiger partial charge in [0.15, 0.2) is 0 Å². The second-order valence-electron chi connectivity index (χ2n) is 8.51. The van der Waals surface area contributed by atoms with Crippen LogP contribution in [0.2, 0.25) is 0 Å². The van der Waals surface area contributed by atoms with E-state index >= 15 is 0 Å². The molecule has 1 heterocycles. The number of anilines is 1. The maximum absolute atomic E-state index is 13.0. The van der Waals surface area contributed by atoms with E-state index in [0.29, 0.717) is 0 Å². The summed E-state index contributed by atoms with van der Waals surface area (Å²) in [6, 6.07) is 17.9. The lowest BCUT2D eigenvalue weighted by Crippen LogP contribution is -2.50. The Morgan fingerprint density at radius 2 is 1.71 bits per heavy atom. The predicted molar refractivity (Wildman–Crippen MR) is 113 cm³/mol. The molecule has 2 aromatic rings. The third kappa shape index (κ3) is 4.22. The van der Waals surface area contributed by atoms with E-state index in [-0.39, 0.29) is 11.8 Å². The molecule has 0 saturated carbocycles. The first-order valence-electron chi connectivity index (χ1n) is 10.2. The normalized spacial score (nSPS) is 21.9. The number of fused-ring (bicyclic) bond motifs is 1. The van der Waals surface area contributed by atoms with Gasteiger partial charge in [-0.25, -0.2) is 4.79 Å². The van der Waals surface area contributed by atoms with E-state index in [4.69, 9.17) is 4.74 Å². The molecule has 3 rings (SSSR count). The first-order valence-corrected chi connectivity index (χ1v) is 10.2. The Balaban J connectivity index is 2.10. The summed E-state index contributed by atoms with van der Waals surface area (Å²) in [5.41, 5.74) is 2.25. The Hall–Kier alpha value is -2.33. The lowest BCUT2D eigenvalue weighted by molar-refractivity contribution is 0.0402. The van der Waals surface area contributed by atoms with E-state index in [9.17, 15) is 9.90 Å². The number of hydrogen-bond donors (Lipinski definition) is 1. The summed E-state index contributed by atoms with van der Waals surface area (Å²) in [4.78, 5) is 14.5. The third-order valence-corrected chi connectivity index (χ3v) is 5.26. The molecule has 0 fully saturated rings. The highest BCUT2D eigenvalue weighted by molar-refractivity contribution is 5.90. The highest BCUT2D eigenvalue weighted by Crippen LogP contribution is 2.48. The van der Waals surface area contributed by atoms with E-state index in [0.717, 1.165) is 36.1 Å². The molecule has 0 unspecified atom stereocenters. The highest BCUT2D eigenvalue weighted by Gasteiger charge is 2.44. The van der Waals surface area contributed by atoms with Gasteiger partial charge in [-0.15, -0.1) is 0 Å². The molecular weight excluding hydrogens is 350 g/mol. The minimum atomic E-state index is -0.978. The van der Waals surface area contributed by atoms with Gasteiger partial charge in [-0.2, -0.15) is 0 Å². The Labute approximate surface area is 168 Å². The molecule has 3 atom stereocenters. The maximum Gasteiger partial charge on any atom is 0.416 e. The lowest BCUT2D eigenvalue weighted by atomic mass is 9.74. The minimum Gasteiger partial charge on any atom is -0.443 e. The number of nitrogens with zero attached hydrogens (tertiary/aromatic N) is 1. The second kappa shape index (κ2) is 8.36. The van der Waals surface area contributed by atoms with E-state index < -0.39 is 17.9 Å². The molecule has 4 heteroatoms. The number of carbonyl (C=O) groups is 1. The van der Waals surface area contributed by atoms with Crippen LogP contribution in [0.25, 0.3) is 0 Å². The zero-order valence-electron chi connectivity index (χ0n) is 17.3. The Bertz CT molecular complexity index is 797. The molecule has 0 bridgehead atoms. The number of carbonyl (C=O) groups excluding carboxylic acids is 1. The van der Waals surface area contributed by atoms with Crippen molar-refractivity contribution in [3.05, 3.63) is 65.7 Å². The molecule has 0 aliphatic carbocycles. The van der Waals surface area contributed by atoms with Crippen LogP contribution in [0.5, 0.6) is 0 Å². The van der Waals surface area contributed by atoms with Crippen LogP contribution in [0.1, 0.15) is 69.9 Å². The summed E-state index contributed by atoms with van der Waals surface area (Å²) < 4.78 is 5.63. The zero-order valence-corrected chi connectivity index (χ0v) is 17.3. The van der Waals surface area contributed by atoms with Gasteiger partial charge in [0, 0.05) is 5.92 Å². The number of rotatable bonds is 4. The number of unbranched alkanes of at least 4 members (excludes halogenated alkanes) is 1. The molecule has 150 valence electrons. The number of aliphatic hydroxyl groups is 1. The molecular formula is C24H31NO3. The molecule has 2 aromatic carbocycles. The van der Waals surface area contributed by atoms with E-state index in [1.807, 2.05) is 69.3 Å². The fourth-order valence-corrected chi connectivity index (χ4v) is 4.08. The zero-order chi connectivity index (χ0) is 20.3. The lowest BCUT2D eigenvalue weighted by Gasteiger charge is -2.44. The van der Waals surface area contributed by atoms with Gasteiger partial charge in [-0.1, -0.05) is 68.3 Å². The van der Waals surface area contributed by atoms with Crippen LogP contribution in [0.4, 0.5) is 10.5 Å². The van der Waals surface area contributed by atoms with Gasteiger partial charge in [-0.3, -0.25) is 4.90 Å². The number of benzene rings is 2. The van der Waals surface area contributed by atoms with Crippen LogP contribution in [0.3, 0.4) is 0 Å². The van der Waals surface area contributed by atoms with Crippen molar-refractivity contribution in [2.24, 2.45) is 0 Å². The van der Waals surface area contributed by atoms with Crippen LogP contribution < -0.4 is 4.90 Å². The Kier molecular flexibility index (Phi) is 6.09. The Morgan fingerprint density at radius 3 is 2.36 bits per heavy atom. The highest BCUT2D eigenvalue weighted by atomic mass is 16.6. The number of ether oxygens (including phenoxy) is 1. The predicted octanol–water partition coefficient (Wildman–Crippen LogP) is 5.82. The van der Waals surface area contributed by atoms with Gasteiger partial charge in [-0.05, 0) is 50.3 Å². The average Bonchev–Trinajstić information content (AvgIpc) is 2.65. The fourth-order valence-electron chi connectivity index (χ4n) is 4.08. The largest absolute Gasteiger partial charge is 0.443 e. The van der Waals surface area contributed by atoms with Crippen molar-refractivity contribution >= 4 is 11.8 Å². The minimum absolute atomic E-state index is 0.146. The molecule has 0 saturated heterocycles. The Morgan fingerprint density at radius 1 is 1.07 bits per heavy atom. The van der Waals surface area contributed by atoms with E-state index in [1.54, 1.807) is 0 Å². The number of aliphatic hydroxyl groups excluding tert-OH is 1. The molecule has 0 spiro atoms. The summed E-state index contributed by atoms with van der Waals surface area (Å²) in [5.74, 6) is -0.0533. The van der Waals surface area contributed by atoms with Crippen LogP contribution in [-0.4, -0.2) is 23.0 Å². The molecule has 4 nitrogen and oxygen atoms in total. The first-order chi connectivity index (χ1) is 13.3. The summed E-state index contributed by atoms with van der Waals surface area (Å²) in [5, 5.41) is 11.4. The quantitative estimate of drug-likeness (QED) is 0.726. The van der Waals surface area contributed by atoms with Gasteiger partial charge in [0.05, 0.1) is 5.69 Å². The summed E-state index contributed by atoms with van der Waals surface area (Å²) in [6.07, 6.45) is 1.64. The third-order valence-electron chi connectivity index (χ3n) is 5.26. The monoisotopic (exact) mass is 381 g/mol. The summed E-state index contributed by atoms with van der Waals surface area (Å²) in [6.45, 7) is 7.69. The van der Waals surface area contributed by atoms with Crippen molar-refractivity contribution in [1.82, 2.24) is 0 Å². The second-order valence-corrected chi connectivity index (χ2v) is 8.51. The average molecular weight is 382 g/mol. The van der Waals surface area contributed by atoms with Gasteiger partial charge >= 0.3 is 6.09 Å². The molecule has 1 aliphatic rings. The van der Waals surface area contributed by atoms with E-state index in [2.05, 4.69) is 13.0 Å². The van der Waals surface area contributed by atoms with Crippen LogP contribution in [0, 0.1) is 0 Å². The molecule has 1 amide bonds. The van der Waals surface area contributed by atoms with Crippen molar-refractivity contribution in [2.45, 2.75) is 70.6 Å². The molecule has 1 aliphatic heterocycles. The standard InChI is InChI=1S/C24H31NO3/c1-5-6-14-19-18-15-10-11-16-20(18)25(23(27)28-24(2,3)4)22(26)21(19)17-12-8-7-9-13-17/h7-13,15-16,19,21-22,26H,5-6,14H2,1-4H3/t19-,21+,22-/m1/s1. The van der Waals surface area contributed by atoms with Crippen molar-refractivity contribution in [1.29, 1.82) is 0 Å². The van der Waals surface area contributed by atoms with Crippen LogP contribution in [0.15, 0.2) is 54.6 Å². The van der Waals surface area contributed by atoms with Crippen molar-refractivity contribution < 1.29 is 14.6 Å².